The predicted octanol–water partition coefficient (Wildman–Crippen LogP) is 1.48. The van der Waals surface area contributed by atoms with Crippen molar-refractivity contribution in [1.29, 1.82) is 0 Å². The summed E-state index contributed by atoms with van der Waals surface area (Å²) in [5, 5.41) is 9.30. The Hall–Kier alpha value is -1.12. The number of aromatic hydroxyl groups is 1. The molecular weight excluding hydrogens is 140 g/mol. The molecule has 0 amide bonds. The largest absolute Gasteiger partial charge is 0.493 e. The maximum atomic E-state index is 9.30. The highest BCUT2D eigenvalue weighted by Gasteiger charge is 2.18. The van der Waals surface area contributed by atoms with Crippen molar-refractivity contribution in [2.24, 2.45) is 0 Å². The van der Waals surface area contributed by atoms with Gasteiger partial charge in [0.1, 0.15) is 6.33 Å². The van der Waals surface area contributed by atoms with E-state index in [0.717, 1.165) is 5.56 Å². The highest BCUT2D eigenvalue weighted by Crippen LogP contribution is 2.26. The Morgan fingerprint density at radius 2 is 2.00 bits per heavy atom. The number of nitrogens with zero attached hydrogens (tertiary/aromatic N) is 2. The Kier molecular flexibility index (Phi) is 1.81. The van der Waals surface area contributed by atoms with E-state index in [2.05, 4.69) is 9.97 Å². The van der Waals surface area contributed by atoms with Crippen molar-refractivity contribution < 1.29 is 5.11 Å². The lowest BCUT2D eigenvalue weighted by Crippen LogP contribution is -2.12. The summed E-state index contributed by atoms with van der Waals surface area (Å²) in [6, 6.07) is 0. The maximum Gasteiger partial charge on any atom is 0.217 e. The molecule has 0 aliphatic carbocycles. The number of aromatic nitrogens is 2. The van der Waals surface area contributed by atoms with Crippen molar-refractivity contribution in [2.45, 2.75) is 26.2 Å². The van der Waals surface area contributed by atoms with Crippen LogP contribution in [0.4, 0.5) is 0 Å². The zero-order valence-electron chi connectivity index (χ0n) is 7.00. The van der Waals surface area contributed by atoms with Crippen molar-refractivity contribution >= 4 is 0 Å². The fourth-order valence-electron chi connectivity index (χ4n) is 0.852. The van der Waals surface area contributed by atoms with Gasteiger partial charge in [-0.1, -0.05) is 20.8 Å². The standard InChI is InChI=1S/C8H12N2O/c1-8(2,3)6-4-9-5-10-7(6)11/h4-5H,1-3H3,(H,9,10,11). The van der Waals surface area contributed by atoms with E-state index in [4.69, 9.17) is 0 Å². The van der Waals surface area contributed by atoms with Gasteiger partial charge in [-0.3, -0.25) is 0 Å². The van der Waals surface area contributed by atoms with Crippen LogP contribution in [0.2, 0.25) is 0 Å². The molecule has 0 saturated carbocycles. The van der Waals surface area contributed by atoms with Gasteiger partial charge in [-0.05, 0) is 5.41 Å². The van der Waals surface area contributed by atoms with Gasteiger partial charge in [0.05, 0.1) is 0 Å². The molecule has 0 aliphatic heterocycles. The molecule has 0 atom stereocenters. The summed E-state index contributed by atoms with van der Waals surface area (Å²) in [7, 11) is 0. The van der Waals surface area contributed by atoms with Crippen molar-refractivity contribution in [2.75, 3.05) is 0 Å². The predicted molar refractivity (Wildman–Crippen MR) is 42.4 cm³/mol. The quantitative estimate of drug-likeness (QED) is 0.612. The third-order valence-corrected chi connectivity index (χ3v) is 1.50. The van der Waals surface area contributed by atoms with E-state index in [-0.39, 0.29) is 11.3 Å². The molecule has 0 aromatic carbocycles. The van der Waals surface area contributed by atoms with Gasteiger partial charge >= 0.3 is 0 Å². The molecule has 1 aromatic heterocycles. The topological polar surface area (TPSA) is 46.0 Å². The van der Waals surface area contributed by atoms with Crippen LogP contribution in [0, 0.1) is 0 Å². The van der Waals surface area contributed by atoms with Gasteiger partial charge in [0.2, 0.25) is 5.88 Å². The summed E-state index contributed by atoms with van der Waals surface area (Å²) in [6.07, 6.45) is 2.98. The SMILES string of the molecule is CC(C)(C)c1cncnc1O. The second kappa shape index (κ2) is 2.49. The molecule has 1 aromatic rings. The van der Waals surface area contributed by atoms with Crippen LogP contribution in [-0.2, 0) is 5.41 Å². The zero-order chi connectivity index (χ0) is 8.48. The average Bonchev–Trinajstić information content (AvgIpc) is 1.86. The average molecular weight is 152 g/mol. The molecule has 3 heteroatoms. The molecule has 0 bridgehead atoms. The molecule has 0 fully saturated rings. The first-order valence-corrected chi connectivity index (χ1v) is 3.51. The minimum Gasteiger partial charge on any atom is -0.493 e. The van der Waals surface area contributed by atoms with E-state index >= 15 is 0 Å². The van der Waals surface area contributed by atoms with Gasteiger partial charge in [-0.2, -0.15) is 0 Å². The van der Waals surface area contributed by atoms with Gasteiger partial charge in [0, 0.05) is 11.8 Å². The van der Waals surface area contributed by atoms with Gasteiger partial charge < -0.3 is 5.11 Å². The molecule has 0 radical (unpaired) electrons. The monoisotopic (exact) mass is 152 g/mol. The fourth-order valence-corrected chi connectivity index (χ4v) is 0.852. The molecule has 0 unspecified atom stereocenters. The molecule has 0 saturated heterocycles. The molecule has 11 heavy (non-hydrogen) atoms. The Bertz CT molecular complexity index is 253. The van der Waals surface area contributed by atoms with Crippen LogP contribution in [0.25, 0.3) is 0 Å². The van der Waals surface area contributed by atoms with Crippen molar-refractivity contribution in [3.8, 4) is 5.88 Å². The minimum absolute atomic E-state index is 0.0764. The summed E-state index contributed by atoms with van der Waals surface area (Å²) < 4.78 is 0. The lowest BCUT2D eigenvalue weighted by molar-refractivity contribution is 0.424. The Morgan fingerprint density at radius 3 is 2.36 bits per heavy atom. The first-order chi connectivity index (χ1) is 5.02. The number of hydrogen-bond donors (Lipinski definition) is 1. The molecule has 0 aliphatic rings. The van der Waals surface area contributed by atoms with Crippen molar-refractivity contribution in [3.05, 3.63) is 18.1 Å². The van der Waals surface area contributed by atoms with E-state index in [0.29, 0.717) is 0 Å². The summed E-state index contributed by atoms with van der Waals surface area (Å²) >= 11 is 0. The summed E-state index contributed by atoms with van der Waals surface area (Å²) in [4.78, 5) is 7.53. The van der Waals surface area contributed by atoms with Gasteiger partial charge in [-0.15, -0.1) is 0 Å². The third-order valence-electron chi connectivity index (χ3n) is 1.50. The summed E-state index contributed by atoms with van der Waals surface area (Å²) in [6.45, 7) is 6.02. The Morgan fingerprint density at radius 1 is 1.36 bits per heavy atom. The highest BCUT2D eigenvalue weighted by atomic mass is 16.3. The summed E-state index contributed by atoms with van der Waals surface area (Å²) in [5.74, 6) is 0.0764. The maximum absolute atomic E-state index is 9.30. The van der Waals surface area contributed by atoms with Crippen LogP contribution >= 0.6 is 0 Å². The van der Waals surface area contributed by atoms with Crippen LogP contribution < -0.4 is 0 Å². The lowest BCUT2D eigenvalue weighted by atomic mass is 9.89. The number of rotatable bonds is 0. The van der Waals surface area contributed by atoms with E-state index in [1.165, 1.54) is 6.33 Å². The van der Waals surface area contributed by atoms with E-state index in [1.54, 1.807) is 6.20 Å². The van der Waals surface area contributed by atoms with E-state index in [9.17, 15) is 5.11 Å². The third kappa shape index (κ3) is 1.67. The first kappa shape index (κ1) is 7.98. The van der Waals surface area contributed by atoms with Gasteiger partial charge in [0.15, 0.2) is 0 Å². The highest BCUT2D eigenvalue weighted by molar-refractivity contribution is 5.27. The second-order valence-corrected chi connectivity index (χ2v) is 3.51. The molecule has 1 rings (SSSR count). The van der Waals surface area contributed by atoms with Crippen LogP contribution in [0.15, 0.2) is 12.5 Å². The number of hydrogen-bond acceptors (Lipinski definition) is 3. The van der Waals surface area contributed by atoms with E-state index < -0.39 is 0 Å². The van der Waals surface area contributed by atoms with Gasteiger partial charge in [0.25, 0.3) is 0 Å². The fraction of sp³-hybridized carbons (Fsp3) is 0.500. The van der Waals surface area contributed by atoms with Crippen LogP contribution in [0.5, 0.6) is 5.88 Å². The van der Waals surface area contributed by atoms with Crippen molar-refractivity contribution in [3.63, 3.8) is 0 Å². The molecule has 1 heterocycles. The lowest BCUT2D eigenvalue weighted by Gasteiger charge is -2.17. The Balaban J connectivity index is 3.14. The first-order valence-electron chi connectivity index (χ1n) is 3.51. The molecule has 1 N–H and O–H groups in total. The Labute approximate surface area is 66.1 Å². The smallest absolute Gasteiger partial charge is 0.217 e. The normalized spacial score (nSPS) is 11.5. The van der Waals surface area contributed by atoms with Crippen LogP contribution in [-0.4, -0.2) is 15.1 Å². The zero-order valence-corrected chi connectivity index (χ0v) is 7.00. The second-order valence-electron chi connectivity index (χ2n) is 3.51. The van der Waals surface area contributed by atoms with Gasteiger partial charge in [-0.25, -0.2) is 9.97 Å². The van der Waals surface area contributed by atoms with Crippen LogP contribution in [0.3, 0.4) is 0 Å². The van der Waals surface area contributed by atoms with Crippen LogP contribution in [0.1, 0.15) is 26.3 Å². The minimum atomic E-state index is -0.0919. The molecule has 0 spiro atoms. The summed E-state index contributed by atoms with van der Waals surface area (Å²) in [5.41, 5.74) is 0.686. The molecule has 3 nitrogen and oxygen atoms in total. The molecular formula is C8H12N2O. The van der Waals surface area contributed by atoms with Crippen molar-refractivity contribution in [1.82, 2.24) is 9.97 Å². The van der Waals surface area contributed by atoms with E-state index in [1.807, 2.05) is 20.8 Å². The molecule has 60 valence electrons.